The van der Waals surface area contributed by atoms with Crippen LogP contribution in [0.1, 0.15) is 45.4 Å². The molecule has 0 bridgehead atoms. The van der Waals surface area contributed by atoms with Crippen LogP contribution in [0.25, 0.3) is 0 Å². The van der Waals surface area contributed by atoms with E-state index in [9.17, 15) is 4.79 Å². The van der Waals surface area contributed by atoms with E-state index >= 15 is 0 Å². The van der Waals surface area contributed by atoms with Gasteiger partial charge in [-0.2, -0.15) is 0 Å². The average Bonchev–Trinajstić information content (AvgIpc) is 2.74. The van der Waals surface area contributed by atoms with Gasteiger partial charge in [0.25, 0.3) is 0 Å². The molecule has 1 rings (SSSR count). The average molecular weight is 249 g/mol. The Morgan fingerprint density at radius 1 is 1.25 bits per heavy atom. The van der Waals surface area contributed by atoms with Crippen LogP contribution in [0.15, 0.2) is 0 Å². The molecular weight excluding hydrogens is 224 g/mol. The highest BCUT2D eigenvalue weighted by Gasteiger charge is 2.15. The summed E-state index contributed by atoms with van der Waals surface area (Å²) in [7, 11) is 0. The van der Waals surface area contributed by atoms with E-state index in [0.717, 1.165) is 38.4 Å². The molecule has 0 heterocycles. The number of nitrogens with one attached hydrogen (secondary N) is 2. The van der Waals surface area contributed by atoms with Crippen LogP contribution in [0.3, 0.4) is 0 Å². The fourth-order valence-corrected chi connectivity index (χ4v) is 2.19. The summed E-state index contributed by atoms with van der Waals surface area (Å²) < 4.78 is 0. The van der Waals surface area contributed by atoms with Crippen molar-refractivity contribution in [1.82, 2.24) is 10.6 Å². The Bertz CT molecular complexity index is 182. The summed E-state index contributed by atoms with van der Waals surface area (Å²) >= 11 is 0. The third-order valence-electron chi connectivity index (χ3n) is 3.13. The maximum atomic E-state index is 11.4. The van der Waals surface area contributed by atoms with Gasteiger partial charge >= 0.3 is 0 Å². The highest BCUT2D eigenvalue weighted by Crippen LogP contribution is 2.28. The van der Waals surface area contributed by atoms with Gasteiger partial charge in [0, 0.05) is 19.5 Å². The van der Waals surface area contributed by atoms with Gasteiger partial charge in [0.15, 0.2) is 0 Å². The van der Waals surface area contributed by atoms with Gasteiger partial charge in [-0.05, 0) is 18.9 Å². The summed E-state index contributed by atoms with van der Waals surface area (Å²) in [5.74, 6) is 1.05. The molecule has 0 saturated heterocycles. The van der Waals surface area contributed by atoms with Crippen LogP contribution < -0.4 is 10.6 Å². The van der Waals surface area contributed by atoms with E-state index in [1.54, 1.807) is 0 Å². The van der Waals surface area contributed by atoms with Crippen LogP contribution in [-0.4, -0.2) is 25.5 Å². The Kier molecular flexibility index (Phi) is 9.74. The summed E-state index contributed by atoms with van der Waals surface area (Å²) in [5.41, 5.74) is 0. The number of amides is 1. The van der Waals surface area contributed by atoms with Crippen LogP contribution in [0.2, 0.25) is 0 Å². The Morgan fingerprint density at radius 2 is 1.94 bits per heavy atom. The van der Waals surface area contributed by atoms with Gasteiger partial charge in [0.05, 0.1) is 0 Å². The minimum Gasteiger partial charge on any atom is -0.355 e. The standard InChI is InChI=1S/C12H24N2O.ClH/c1-2-13-9-10-14-12(15)8-7-11-5-3-4-6-11;/h11,13H,2-10H2,1H3,(H,14,15);1H. The molecule has 0 aromatic heterocycles. The number of halogens is 1. The highest BCUT2D eigenvalue weighted by molar-refractivity contribution is 5.85. The second-order valence-corrected chi connectivity index (χ2v) is 4.39. The molecule has 1 aliphatic rings. The van der Waals surface area contributed by atoms with Crippen molar-refractivity contribution >= 4 is 18.3 Å². The predicted octanol–water partition coefficient (Wildman–Crippen LogP) is 2.10. The molecule has 4 heteroatoms. The van der Waals surface area contributed by atoms with Crippen molar-refractivity contribution in [3.05, 3.63) is 0 Å². The van der Waals surface area contributed by atoms with Crippen molar-refractivity contribution in [3.8, 4) is 0 Å². The van der Waals surface area contributed by atoms with Crippen molar-refractivity contribution in [2.75, 3.05) is 19.6 Å². The quantitative estimate of drug-likeness (QED) is 0.678. The first-order valence-electron chi connectivity index (χ1n) is 6.30. The van der Waals surface area contributed by atoms with Gasteiger partial charge in [0.2, 0.25) is 5.91 Å². The topological polar surface area (TPSA) is 41.1 Å². The molecule has 2 N–H and O–H groups in total. The number of carbonyl (C=O) groups excluding carboxylic acids is 1. The Labute approximate surface area is 105 Å². The monoisotopic (exact) mass is 248 g/mol. The molecule has 96 valence electrons. The van der Waals surface area contributed by atoms with Gasteiger partial charge in [-0.15, -0.1) is 12.4 Å². The summed E-state index contributed by atoms with van der Waals surface area (Å²) in [5, 5.41) is 6.13. The Hall–Kier alpha value is -0.280. The molecule has 0 aromatic carbocycles. The zero-order valence-corrected chi connectivity index (χ0v) is 11.1. The van der Waals surface area contributed by atoms with E-state index in [1.807, 2.05) is 0 Å². The molecule has 1 saturated carbocycles. The summed E-state index contributed by atoms with van der Waals surface area (Å²) in [4.78, 5) is 11.4. The maximum Gasteiger partial charge on any atom is 0.220 e. The molecule has 0 spiro atoms. The van der Waals surface area contributed by atoms with Gasteiger partial charge < -0.3 is 10.6 Å². The van der Waals surface area contributed by atoms with Crippen molar-refractivity contribution in [1.29, 1.82) is 0 Å². The maximum absolute atomic E-state index is 11.4. The van der Waals surface area contributed by atoms with Gasteiger partial charge in [-0.3, -0.25) is 4.79 Å². The zero-order chi connectivity index (χ0) is 10.9. The first-order valence-corrected chi connectivity index (χ1v) is 6.30. The third kappa shape index (κ3) is 7.07. The van der Waals surface area contributed by atoms with Crippen LogP contribution in [-0.2, 0) is 4.79 Å². The number of carbonyl (C=O) groups is 1. The number of rotatable bonds is 7. The first-order chi connectivity index (χ1) is 7.33. The third-order valence-corrected chi connectivity index (χ3v) is 3.13. The van der Waals surface area contributed by atoms with Crippen LogP contribution >= 0.6 is 12.4 Å². The fourth-order valence-electron chi connectivity index (χ4n) is 2.19. The minimum absolute atomic E-state index is 0. The summed E-state index contributed by atoms with van der Waals surface area (Å²) in [6.07, 6.45) is 7.22. The molecule has 1 amide bonds. The lowest BCUT2D eigenvalue weighted by molar-refractivity contribution is -0.121. The van der Waals surface area contributed by atoms with E-state index in [0.29, 0.717) is 0 Å². The van der Waals surface area contributed by atoms with Crippen LogP contribution in [0.5, 0.6) is 0 Å². The lowest BCUT2D eigenvalue weighted by Crippen LogP contribution is -2.31. The van der Waals surface area contributed by atoms with E-state index in [4.69, 9.17) is 0 Å². The van der Waals surface area contributed by atoms with Crippen LogP contribution in [0, 0.1) is 5.92 Å². The zero-order valence-electron chi connectivity index (χ0n) is 10.3. The van der Waals surface area contributed by atoms with E-state index in [2.05, 4.69) is 17.6 Å². The number of hydrogen-bond acceptors (Lipinski definition) is 2. The molecule has 3 nitrogen and oxygen atoms in total. The molecule has 0 radical (unpaired) electrons. The summed E-state index contributed by atoms with van der Waals surface area (Å²) in [6, 6.07) is 0. The first kappa shape index (κ1) is 15.7. The van der Waals surface area contributed by atoms with Gasteiger partial charge in [-0.1, -0.05) is 32.6 Å². The summed E-state index contributed by atoms with van der Waals surface area (Å²) in [6.45, 7) is 4.68. The highest BCUT2D eigenvalue weighted by atomic mass is 35.5. The molecule has 16 heavy (non-hydrogen) atoms. The smallest absolute Gasteiger partial charge is 0.220 e. The lowest BCUT2D eigenvalue weighted by atomic mass is 10.0. The fraction of sp³-hybridized carbons (Fsp3) is 0.917. The Balaban J connectivity index is 0.00000225. The minimum atomic E-state index is 0. The molecule has 1 fully saturated rings. The van der Waals surface area contributed by atoms with Crippen molar-refractivity contribution in [2.45, 2.75) is 45.4 Å². The van der Waals surface area contributed by atoms with Crippen LogP contribution in [0.4, 0.5) is 0 Å². The lowest BCUT2D eigenvalue weighted by Gasteiger charge is -2.09. The molecule has 0 aliphatic heterocycles. The predicted molar refractivity (Wildman–Crippen MR) is 70.0 cm³/mol. The van der Waals surface area contributed by atoms with Gasteiger partial charge in [-0.25, -0.2) is 0 Å². The largest absolute Gasteiger partial charge is 0.355 e. The van der Waals surface area contributed by atoms with Crippen molar-refractivity contribution in [2.24, 2.45) is 5.92 Å². The molecule has 0 atom stereocenters. The van der Waals surface area contributed by atoms with Crippen molar-refractivity contribution in [3.63, 3.8) is 0 Å². The molecule has 0 unspecified atom stereocenters. The number of hydrogen-bond donors (Lipinski definition) is 2. The molecule has 0 aromatic rings. The molecular formula is C12H25ClN2O. The van der Waals surface area contributed by atoms with E-state index in [1.165, 1.54) is 25.7 Å². The number of likely N-dealkylation sites (N-methyl/N-ethyl adjacent to an activating group) is 1. The normalized spacial score (nSPS) is 15.8. The second kappa shape index (κ2) is 9.91. The van der Waals surface area contributed by atoms with E-state index < -0.39 is 0 Å². The second-order valence-electron chi connectivity index (χ2n) is 4.39. The Morgan fingerprint density at radius 3 is 2.56 bits per heavy atom. The van der Waals surface area contributed by atoms with Crippen molar-refractivity contribution < 1.29 is 4.79 Å². The van der Waals surface area contributed by atoms with Gasteiger partial charge in [0.1, 0.15) is 0 Å². The molecule has 1 aliphatic carbocycles. The van der Waals surface area contributed by atoms with E-state index in [-0.39, 0.29) is 18.3 Å². The SMILES string of the molecule is CCNCCNC(=O)CCC1CCCC1.Cl.